The highest BCUT2D eigenvalue weighted by atomic mass is 35.5. The van der Waals surface area contributed by atoms with Crippen LogP contribution in [0, 0.1) is 19.3 Å². The molecular weight excluding hydrogens is 371 g/mol. The molecule has 146 valence electrons. The van der Waals surface area contributed by atoms with Gasteiger partial charge in [-0.15, -0.1) is 24.8 Å². The van der Waals surface area contributed by atoms with E-state index in [1.54, 1.807) is 11.1 Å². The van der Waals surface area contributed by atoms with E-state index >= 15 is 0 Å². The summed E-state index contributed by atoms with van der Waals surface area (Å²) in [5, 5.41) is 0. The minimum absolute atomic E-state index is 0. The summed E-state index contributed by atoms with van der Waals surface area (Å²) in [7, 11) is 1.84. The average molecular weight is 401 g/mol. The molecular formula is C19H30Cl2N4O. The van der Waals surface area contributed by atoms with Crippen LogP contribution in [0.3, 0.4) is 0 Å². The molecule has 2 rings (SSSR count). The van der Waals surface area contributed by atoms with Crippen molar-refractivity contribution in [3.63, 3.8) is 0 Å². The highest BCUT2D eigenvalue weighted by molar-refractivity contribution is 5.95. The maximum atomic E-state index is 12.8. The maximum absolute atomic E-state index is 12.8. The molecule has 0 aliphatic rings. The number of carbonyl (C=O) groups excluding carboxylic acids is 1. The van der Waals surface area contributed by atoms with Crippen LogP contribution in [0.25, 0.3) is 0 Å². The molecule has 26 heavy (non-hydrogen) atoms. The zero-order valence-electron chi connectivity index (χ0n) is 16.2. The number of hydrogen-bond donors (Lipinski definition) is 1. The van der Waals surface area contributed by atoms with E-state index < -0.39 is 0 Å². The summed E-state index contributed by atoms with van der Waals surface area (Å²) < 4.78 is 2.14. The lowest BCUT2D eigenvalue weighted by molar-refractivity contribution is 0.0739. The predicted molar refractivity (Wildman–Crippen MR) is 112 cm³/mol. The van der Waals surface area contributed by atoms with Gasteiger partial charge in [0.15, 0.2) is 0 Å². The average Bonchev–Trinajstić information content (AvgIpc) is 2.83. The minimum Gasteiger partial charge on any atom is -0.342 e. The van der Waals surface area contributed by atoms with Crippen molar-refractivity contribution in [2.24, 2.45) is 11.1 Å². The van der Waals surface area contributed by atoms with Crippen LogP contribution >= 0.6 is 24.8 Å². The van der Waals surface area contributed by atoms with Gasteiger partial charge >= 0.3 is 0 Å². The van der Waals surface area contributed by atoms with Gasteiger partial charge in [0.25, 0.3) is 5.91 Å². The fourth-order valence-corrected chi connectivity index (χ4v) is 2.90. The number of halogens is 2. The van der Waals surface area contributed by atoms with Crippen molar-refractivity contribution in [2.45, 2.75) is 34.2 Å². The molecule has 7 heteroatoms. The number of nitrogens with zero attached hydrogens (tertiary/aromatic N) is 3. The molecule has 2 N–H and O–H groups in total. The molecule has 0 radical (unpaired) electrons. The fraction of sp³-hybridized carbons (Fsp3) is 0.474. The van der Waals surface area contributed by atoms with Crippen molar-refractivity contribution >= 4 is 30.7 Å². The summed E-state index contributed by atoms with van der Waals surface area (Å²) in [6.07, 6.45) is 1.79. The van der Waals surface area contributed by atoms with E-state index in [0.29, 0.717) is 19.6 Å². The number of amides is 1. The van der Waals surface area contributed by atoms with E-state index in [0.717, 1.165) is 22.6 Å². The van der Waals surface area contributed by atoms with E-state index in [-0.39, 0.29) is 36.1 Å². The second-order valence-corrected chi connectivity index (χ2v) is 7.22. The van der Waals surface area contributed by atoms with Gasteiger partial charge in [0.1, 0.15) is 0 Å². The van der Waals surface area contributed by atoms with E-state index in [1.807, 2.05) is 45.2 Å². The maximum Gasteiger partial charge on any atom is 0.255 e. The summed E-state index contributed by atoms with van der Waals surface area (Å²) in [5.74, 6) is 0.0388. The highest BCUT2D eigenvalue weighted by Gasteiger charge is 2.24. The Kier molecular flexibility index (Phi) is 9.35. The van der Waals surface area contributed by atoms with Crippen LogP contribution in [0.4, 0.5) is 0 Å². The number of rotatable bonds is 6. The van der Waals surface area contributed by atoms with Gasteiger partial charge in [-0.3, -0.25) is 9.78 Å². The summed E-state index contributed by atoms with van der Waals surface area (Å²) >= 11 is 0. The lowest BCUT2D eigenvalue weighted by Crippen LogP contribution is -2.39. The van der Waals surface area contributed by atoms with Crippen LogP contribution in [0.1, 0.15) is 41.3 Å². The number of hydrogen-bond acceptors (Lipinski definition) is 3. The normalized spacial score (nSPS) is 10.7. The lowest BCUT2D eigenvalue weighted by Gasteiger charge is -2.29. The molecule has 0 unspecified atom stereocenters. The molecule has 0 bridgehead atoms. The Morgan fingerprint density at radius 2 is 1.92 bits per heavy atom. The first kappa shape index (κ1) is 24.4. The molecule has 2 aromatic rings. The van der Waals surface area contributed by atoms with Gasteiger partial charge < -0.3 is 15.2 Å². The van der Waals surface area contributed by atoms with Crippen LogP contribution in [0.15, 0.2) is 30.5 Å². The predicted octanol–water partition coefficient (Wildman–Crippen LogP) is 3.45. The number of aryl methyl sites for hydroxylation is 1. The van der Waals surface area contributed by atoms with E-state index in [1.165, 1.54) is 0 Å². The number of carbonyl (C=O) groups is 1. The van der Waals surface area contributed by atoms with Crippen molar-refractivity contribution in [1.82, 2.24) is 14.5 Å². The molecule has 0 atom stereocenters. The van der Waals surface area contributed by atoms with Crippen LogP contribution in [-0.4, -0.2) is 40.5 Å². The second-order valence-electron chi connectivity index (χ2n) is 7.22. The zero-order valence-corrected chi connectivity index (χ0v) is 17.8. The monoisotopic (exact) mass is 400 g/mol. The number of nitrogens with two attached hydrogens (primary N) is 1. The van der Waals surface area contributed by atoms with Crippen LogP contribution in [0.5, 0.6) is 0 Å². The van der Waals surface area contributed by atoms with Crippen molar-refractivity contribution in [1.29, 1.82) is 0 Å². The molecule has 5 nitrogen and oxygen atoms in total. The zero-order chi connectivity index (χ0) is 17.9. The molecule has 1 amide bonds. The van der Waals surface area contributed by atoms with Gasteiger partial charge in [0.2, 0.25) is 0 Å². The van der Waals surface area contributed by atoms with E-state index in [2.05, 4.69) is 23.4 Å². The Labute approximate surface area is 168 Å². The Morgan fingerprint density at radius 1 is 1.27 bits per heavy atom. The quantitative estimate of drug-likeness (QED) is 0.807. The van der Waals surface area contributed by atoms with Gasteiger partial charge in [-0.25, -0.2) is 0 Å². The lowest BCUT2D eigenvalue weighted by atomic mass is 9.93. The molecule has 2 aromatic heterocycles. The van der Waals surface area contributed by atoms with Gasteiger partial charge in [-0.05, 0) is 44.0 Å². The first-order valence-electron chi connectivity index (χ1n) is 8.27. The molecule has 2 heterocycles. The minimum atomic E-state index is -0.0934. The first-order chi connectivity index (χ1) is 11.2. The summed E-state index contributed by atoms with van der Waals surface area (Å²) in [6.45, 7) is 10.0. The van der Waals surface area contributed by atoms with Gasteiger partial charge in [-0.2, -0.15) is 0 Å². The largest absolute Gasteiger partial charge is 0.342 e. The fourth-order valence-electron chi connectivity index (χ4n) is 2.90. The number of aromatic nitrogens is 2. The highest BCUT2D eigenvalue weighted by Crippen LogP contribution is 2.20. The standard InChI is InChI=1S/C19H28N4O.2ClH/c1-14-10-17(18(24)22(5)13-19(3,4)12-20)15(2)23(14)11-16-8-6-7-9-21-16;;/h6-10H,11-13,20H2,1-5H3;2*1H. The molecule has 0 fully saturated rings. The summed E-state index contributed by atoms with van der Waals surface area (Å²) in [6, 6.07) is 7.84. The Hall–Kier alpha value is -1.56. The van der Waals surface area contributed by atoms with Gasteiger partial charge in [0.05, 0.1) is 17.8 Å². The van der Waals surface area contributed by atoms with Gasteiger partial charge in [0, 0.05) is 31.2 Å². The SMILES string of the molecule is Cc1cc(C(=O)N(C)CC(C)(C)CN)c(C)n1Cc1ccccn1.Cl.Cl. The first-order valence-corrected chi connectivity index (χ1v) is 8.27. The Bertz CT molecular complexity index is 714. The smallest absolute Gasteiger partial charge is 0.255 e. The molecule has 0 saturated heterocycles. The van der Waals surface area contributed by atoms with Crippen LogP contribution < -0.4 is 5.73 Å². The molecule has 0 aliphatic carbocycles. The molecule has 0 aliphatic heterocycles. The third-order valence-electron chi connectivity index (χ3n) is 4.41. The molecule has 0 spiro atoms. The van der Waals surface area contributed by atoms with Crippen molar-refractivity contribution in [2.75, 3.05) is 20.1 Å². The second kappa shape index (κ2) is 9.95. The topological polar surface area (TPSA) is 64.2 Å². The van der Waals surface area contributed by atoms with Gasteiger partial charge in [-0.1, -0.05) is 19.9 Å². The Balaban J connectivity index is 0.00000312. The van der Waals surface area contributed by atoms with Crippen molar-refractivity contribution in [3.05, 3.63) is 53.1 Å². The molecule has 0 aromatic carbocycles. The van der Waals surface area contributed by atoms with Crippen LogP contribution in [0.2, 0.25) is 0 Å². The number of pyridine rings is 1. The molecule has 0 saturated carbocycles. The third kappa shape index (κ3) is 5.73. The van der Waals surface area contributed by atoms with E-state index in [4.69, 9.17) is 5.73 Å². The van der Waals surface area contributed by atoms with Crippen LogP contribution in [-0.2, 0) is 6.54 Å². The summed E-state index contributed by atoms with van der Waals surface area (Å²) in [5.41, 5.74) is 9.46. The van der Waals surface area contributed by atoms with E-state index in [9.17, 15) is 4.79 Å². The van der Waals surface area contributed by atoms with Crippen molar-refractivity contribution < 1.29 is 4.79 Å². The Morgan fingerprint density at radius 3 is 2.46 bits per heavy atom. The van der Waals surface area contributed by atoms with Crippen molar-refractivity contribution in [3.8, 4) is 0 Å². The summed E-state index contributed by atoms with van der Waals surface area (Å²) in [4.78, 5) is 19.0. The third-order valence-corrected chi connectivity index (χ3v) is 4.41.